The van der Waals surface area contributed by atoms with Crippen LogP contribution in [0.3, 0.4) is 0 Å². The van der Waals surface area contributed by atoms with E-state index in [-0.39, 0.29) is 24.2 Å². The smallest absolute Gasteiger partial charge is 0.246 e. The summed E-state index contributed by atoms with van der Waals surface area (Å²) in [5, 5.41) is 8.78. The highest BCUT2D eigenvalue weighted by Crippen LogP contribution is 2.22. The maximum Gasteiger partial charge on any atom is 0.246 e. The van der Waals surface area contributed by atoms with Crippen LogP contribution in [0, 0.1) is 5.92 Å². The first kappa shape index (κ1) is 30.4. The van der Waals surface area contributed by atoms with Gasteiger partial charge in [0.15, 0.2) is 0 Å². The minimum Gasteiger partial charge on any atom is -0.497 e. The van der Waals surface area contributed by atoms with Crippen LogP contribution < -0.4 is 26.4 Å². The Balaban J connectivity index is 1.95. The number of amides is 4. The Bertz CT molecular complexity index is 985. The molecule has 216 valence electrons. The van der Waals surface area contributed by atoms with E-state index in [9.17, 15) is 19.2 Å². The number of carbonyl (C=O) groups is 4. The minimum atomic E-state index is -0.926. The van der Waals surface area contributed by atoms with Gasteiger partial charge in [-0.1, -0.05) is 45.2 Å². The third kappa shape index (κ3) is 8.17. The summed E-state index contributed by atoms with van der Waals surface area (Å²) in [5.74, 6) is -0.845. The SMILES string of the molecule is CC[C@H](C)[C@@H]1NC(=O)[C@@H](Cc2ccc(OC)cc2)NC(=O)[C@H](CCCCCN)NC(=O)[C@H]2CCCCN2C1=O. The van der Waals surface area contributed by atoms with Gasteiger partial charge in [0, 0.05) is 13.0 Å². The number of piperidine rings is 1. The molecule has 10 nitrogen and oxygen atoms in total. The summed E-state index contributed by atoms with van der Waals surface area (Å²) in [7, 11) is 1.58. The van der Waals surface area contributed by atoms with E-state index in [0.29, 0.717) is 44.5 Å². The van der Waals surface area contributed by atoms with Crippen LogP contribution in [-0.2, 0) is 25.6 Å². The molecule has 0 aromatic heterocycles. The van der Waals surface area contributed by atoms with Crippen LogP contribution in [0.2, 0.25) is 0 Å². The number of carbonyl (C=O) groups excluding carboxylic acids is 4. The van der Waals surface area contributed by atoms with Crippen molar-refractivity contribution in [3.8, 4) is 5.75 Å². The molecule has 0 radical (unpaired) electrons. The second kappa shape index (κ2) is 14.9. The van der Waals surface area contributed by atoms with Gasteiger partial charge >= 0.3 is 0 Å². The van der Waals surface area contributed by atoms with Crippen molar-refractivity contribution in [1.82, 2.24) is 20.9 Å². The molecule has 4 amide bonds. The normalized spacial score (nSPS) is 25.4. The fourth-order valence-electron chi connectivity index (χ4n) is 5.27. The molecule has 0 saturated carbocycles. The van der Waals surface area contributed by atoms with Gasteiger partial charge in [0.2, 0.25) is 23.6 Å². The minimum absolute atomic E-state index is 0.150. The molecule has 0 unspecified atom stereocenters. The van der Waals surface area contributed by atoms with Gasteiger partial charge in [0.1, 0.15) is 29.9 Å². The highest BCUT2D eigenvalue weighted by molar-refractivity contribution is 5.97. The number of nitrogens with two attached hydrogens (primary N) is 1. The van der Waals surface area contributed by atoms with Gasteiger partial charge in [-0.2, -0.15) is 0 Å². The average molecular weight is 544 g/mol. The maximum absolute atomic E-state index is 13.8. The molecular formula is C29H45N5O5. The Hall–Kier alpha value is -3.14. The summed E-state index contributed by atoms with van der Waals surface area (Å²) < 4.78 is 5.24. The van der Waals surface area contributed by atoms with Crippen molar-refractivity contribution < 1.29 is 23.9 Å². The van der Waals surface area contributed by atoms with Crippen molar-refractivity contribution in [3.05, 3.63) is 29.8 Å². The van der Waals surface area contributed by atoms with Crippen molar-refractivity contribution >= 4 is 23.6 Å². The van der Waals surface area contributed by atoms with Crippen LogP contribution in [0.5, 0.6) is 5.75 Å². The van der Waals surface area contributed by atoms with Gasteiger partial charge in [0.25, 0.3) is 0 Å². The van der Waals surface area contributed by atoms with Crippen molar-refractivity contribution in [2.75, 3.05) is 20.2 Å². The number of fused-ring (bicyclic) bond motifs is 1. The quantitative estimate of drug-likeness (QED) is 0.331. The van der Waals surface area contributed by atoms with Crippen molar-refractivity contribution in [1.29, 1.82) is 0 Å². The number of nitrogens with zero attached hydrogens (tertiary/aromatic N) is 1. The number of methoxy groups -OCH3 is 1. The van der Waals surface area contributed by atoms with E-state index in [4.69, 9.17) is 10.5 Å². The molecule has 1 aromatic rings. The van der Waals surface area contributed by atoms with Crippen LogP contribution >= 0.6 is 0 Å². The van der Waals surface area contributed by atoms with Crippen LogP contribution in [0.4, 0.5) is 0 Å². The van der Waals surface area contributed by atoms with Gasteiger partial charge in [0.05, 0.1) is 7.11 Å². The van der Waals surface area contributed by atoms with E-state index in [1.165, 1.54) is 0 Å². The highest BCUT2D eigenvalue weighted by Gasteiger charge is 2.40. The number of unbranched alkanes of at least 4 members (excludes halogenated alkanes) is 2. The molecule has 0 spiro atoms. The Kier molecular flexibility index (Phi) is 11.6. The topological polar surface area (TPSA) is 143 Å². The first-order chi connectivity index (χ1) is 18.8. The third-order valence-electron chi connectivity index (χ3n) is 7.93. The number of nitrogens with one attached hydrogen (secondary N) is 3. The summed E-state index contributed by atoms with van der Waals surface area (Å²) in [5.41, 5.74) is 6.46. The first-order valence-corrected chi connectivity index (χ1v) is 14.3. The molecular weight excluding hydrogens is 498 g/mol. The van der Waals surface area contributed by atoms with E-state index >= 15 is 0 Å². The van der Waals surface area contributed by atoms with Gasteiger partial charge in [-0.25, -0.2) is 0 Å². The lowest BCUT2D eigenvalue weighted by Gasteiger charge is -2.39. The molecule has 2 fully saturated rings. The third-order valence-corrected chi connectivity index (χ3v) is 7.93. The predicted molar refractivity (Wildman–Crippen MR) is 149 cm³/mol. The van der Waals surface area contributed by atoms with Crippen molar-refractivity contribution in [3.63, 3.8) is 0 Å². The summed E-state index contributed by atoms with van der Waals surface area (Å²) in [6, 6.07) is 4.09. The van der Waals surface area contributed by atoms with Crippen LogP contribution in [-0.4, -0.2) is 72.9 Å². The number of benzene rings is 1. The summed E-state index contributed by atoms with van der Waals surface area (Å²) in [4.78, 5) is 56.2. The van der Waals surface area contributed by atoms with E-state index in [2.05, 4.69) is 16.0 Å². The maximum atomic E-state index is 13.8. The second-order valence-corrected chi connectivity index (χ2v) is 10.7. The molecule has 3 rings (SSSR count). The summed E-state index contributed by atoms with van der Waals surface area (Å²) >= 11 is 0. The zero-order chi connectivity index (χ0) is 28.4. The standard InChI is InChI=1S/C29H45N5O5/c1-4-19(2)25-29(38)34-17-9-7-11-24(34)28(37)31-22(10-6-5-8-16-30)26(35)32-23(27(36)33-25)18-20-12-14-21(39-3)15-13-20/h12-15,19,22-25H,4-11,16-18,30H2,1-3H3,(H,31,37)(H,32,35)(H,33,36)/t19-,22-,23+,24+,25-/m0/s1. The van der Waals surface area contributed by atoms with Gasteiger partial charge in [-0.3, -0.25) is 19.2 Å². The number of hydrogen-bond acceptors (Lipinski definition) is 6. The fourth-order valence-corrected chi connectivity index (χ4v) is 5.27. The average Bonchev–Trinajstić information content (AvgIpc) is 2.95. The predicted octanol–water partition coefficient (Wildman–Crippen LogP) is 1.65. The summed E-state index contributed by atoms with van der Waals surface area (Å²) in [6.45, 7) is 4.89. The van der Waals surface area contributed by atoms with E-state index < -0.39 is 36.0 Å². The zero-order valence-electron chi connectivity index (χ0n) is 23.5. The molecule has 1 aromatic carbocycles. The molecule has 10 heteroatoms. The largest absolute Gasteiger partial charge is 0.497 e. The number of rotatable bonds is 10. The van der Waals surface area contributed by atoms with Gasteiger partial charge < -0.3 is 31.3 Å². The van der Waals surface area contributed by atoms with E-state index in [0.717, 1.165) is 31.2 Å². The molecule has 2 aliphatic rings. The molecule has 0 bridgehead atoms. The highest BCUT2D eigenvalue weighted by atomic mass is 16.5. The molecule has 0 aliphatic carbocycles. The summed E-state index contributed by atoms with van der Waals surface area (Å²) in [6.07, 6.45) is 5.81. The van der Waals surface area contributed by atoms with Crippen LogP contribution in [0.15, 0.2) is 24.3 Å². The molecule has 2 heterocycles. The van der Waals surface area contributed by atoms with E-state index in [1.54, 1.807) is 24.1 Å². The Morgan fingerprint density at radius 3 is 2.31 bits per heavy atom. The molecule has 2 saturated heterocycles. The van der Waals surface area contributed by atoms with Gasteiger partial charge in [-0.15, -0.1) is 0 Å². The number of hydrogen-bond donors (Lipinski definition) is 4. The second-order valence-electron chi connectivity index (χ2n) is 10.7. The molecule has 5 N–H and O–H groups in total. The monoisotopic (exact) mass is 543 g/mol. The molecule has 2 aliphatic heterocycles. The number of ether oxygens (including phenoxy) is 1. The molecule has 5 atom stereocenters. The fraction of sp³-hybridized carbons (Fsp3) is 0.655. The lowest BCUT2D eigenvalue weighted by molar-refractivity contribution is -0.147. The zero-order valence-corrected chi connectivity index (χ0v) is 23.5. The van der Waals surface area contributed by atoms with Crippen LogP contribution in [0.1, 0.15) is 70.8 Å². The van der Waals surface area contributed by atoms with Crippen molar-refractivity contribution in [2.24, 2.45) is 11.7 Å². The van der Waals surface area contributed by atoms with E-state index in [1.807, 2.05) is 26.0 Å². The Labute approximate surface area is 231 Å². The Morgan fingerprint density at radius 2 is 1.64 bits per heavy atom. The Morgan fingerprint density at radius 1 is 0.949 bits per heavy atom. The lowest BCUT2D eigenvalue weighted by Crippen LogP contribution is -2.64. The van der Waals surface area contributed by atoms with Gasteiger partial charge in [-0.05, 0) is 62.3 Å². The first-order valence-electron chi connectivity index (χ1n) is 14.3. The van der Waals surface area contributed by atoms with Crippen LogP contribution in [0.25, 0.3) is 0 Å². The lowest BCUT2D eigenvalue weighted by atomic mass is 9.93. The molecule has 39 heavy (non-hydrogen) atoms. The van der Waals surface area contributed by atoms with Crippen molar-refractivity contribution in [2.45, 2.75) is 95.8 Å².